The van der Waals surface area contributed by atoms with Crippen LogP contribution in [0.1, 0.15) is 39.5 Å². The van der Waals surface area contributed by atoms with Gasteiger partial charge in [0.25, 0.3) is 0 Å². The van der Waals surface area contributed by atoms with Gasteiger partial charge in [-0.1, -0.05) is 12.1 Å². The van der Waals surface area contributed by atoms with Gasteiger partial charge in [-0.2, -0.15) is 0 Å². The minimum absolute atomic E-state index is 0.0331. The molecule has 0 fully saturated rings. The number of hydrogen-bond acceptors (Lipinski definition) is 3. The molecule has 3 heteroatoms. The van der Waals surface area contributed by atoms with Crippen LogP contribution in [-0.4, -0.2) is 12.4 Å². The molecule has 21 heavy (non-hydrogen) atoms. The number of nitrogen functional groups attached to an aromatic ring is 1. The normalized spacial score (nSPS) is 10.5. The molecule has 2 aromatic rings. The highest BCUT2D eigenvalue weighted by atomic mass is 16.5. The Kier molecular flexibility index (Phi) is 4.32. The van der Waals surface area contributed by atoms with Crippen molar-refractivity contribution in [2.24, 2.45) is 0 Å². The second-order valence-corrected chi connectivity index (χ2v) is 5.17. The molecule has 2 rings (SSSR count). The lowest BCUT2D eigenvalue weighted by atomic mass is 9.91. The number of hydrogen-bond donors (Lipinski definition) is 1. The molecule has 0 heterocycles. The second kappa shape index (κ2) is 6.00. The first kappa shape index (κ1) is 15.1. The van der Waals surface area contributed by atoms with Gasteiger partial charge in [-0.05, 0) is 62.6 Å². The average molecular weight is 283 g/mol. The van der Waals surface area contributed by atoms with Crippen molar-refractivity contribution in [1.29, 1.82) is 0 Å². The number of anilines is 1. The van der Waals surface area contributed by atoms with Gasteiger partial charge in [0.05, 0.1) is 6.61 Å². The predicted molar refractivity (Wildman–Crippen MR) is 86.1 cm³/mol. The Morgan fingerprint density at radius 2 is 1.81 bits per heavy atom. The Morgan fingerprint density at radius 3 is 2.43 bits per heavy atom. The van der Waals surface area contributed by atoms with Crippen molar-refractivity contribution in [2.75, 3.05) is 12.3 Å². The SMILES string of the molecule is CCOc1cc(C)c(C(=O)c2ccccc2N)c(C)c1C. The van der Waals surface area contributed by atoms with E-state index in [0.29, 0.717) is 23.4 Å². The molecular formula is C18H21NO2. The Hall–Kier alpha value is -2.29. The zero-order chi connectivity index (χ0) is 15.6. The highest BCUT2D eigenvalue weighted by molar-refractivity contribution is 6.13. The summed E-state index contributed by atoms with van der Waals surface area (Å²) in [6.45, 7) is 8.43. The van der Waals surface area contributed by atoms with E-state index in [1.807, 2.05) is 45.9 Å². The minimum atomic E-state index is -0.0331. The molecule has 2 aromatic carbocycles. The molecule has 0 atom stereocenters. The van der Waals surface area contributed by atoms with Crippen LogP contribution in [0, 0.1) is 20.8 Å². The molecule has 2 N–H and O–H groups in total. The van der Waals surface area contributed by atoms with Crippen LogP contribution < -0.4 is 10.5 Å². The summed E-state index contributed by atoms with van der Waals surface area (Å²) in [5.41, 5.74) is 10.6. The van der Waals surface area contributed by atoms with Crippen molar-refractivity contribution in [3.05, 3.63) is 58.1 Å². The third-order valence-electron chi connectivity index (χ3n) is 3.78. The van der Waals surface area contributed by atoms with Crippen LogP contribution in [0.2, 0.25) is 0 Å². The summed E-state index contributed by atoms with van der Waals surface area (Å²) in [5, 5.41) is 0. The number of ketones is 1. The van der Waals surface area contributed by atoms with Crippen LogP contribution in [0.5, 0.6) is 5.75 Å². The Bertz CT molecular complexity index is 690. The van der Waals surface area contributed by atoms with Crippen molar-refractivity contribution >= 4 is 11.5 Å². The van der Waals surface area contributed by atoms with Gasteiger partial charge in [-0.3, -0.25) is 4.79 Å². The van der Waals surface area contributed by atoms with Gasteiger partial charge in [0.1, 0.15) is 5.75 Å². The summed E-state index contributed by atoms with van der Waals surface area (Å²) >= 11 is 0. The third kappa shape index (κ3) is 2.77. The molecule has 0 spiro atoms. The van der Waals surface area contributed by atoms with E-state index in [4.69, 9.17) is 10.5 Å². The van der Waals surface area contributed by atoms with Crippen LogP contribution in [0.25, 0.3) is 0 Å². The fraction of sp³-hybridized carbons (Fsp3) is 0.278. The highest BCUT2D eigenvalue weighted by Gasteiger charge is 2.19. The van der Waals surface area contributed by atoms with Crippen LogP contribution in [0.15, 0.2) is 30.3 Å². The molecule has 0 bridgehead atoms. The number of ether oxygens (including phenoxy) is 1. The topological polar surface area (TPSA) is 52.3 Å². The molecule has 0 saturated heterocycles. The average Bonchev–Trinajstić information content (AvgIpc) is 2.45. The number of para-hydroxylation sites is 1. The van der Waals surface area contributed by atoms with Gasteiger partial charge in [0.2, 0.25) is 0 Å². The first-order chi connectivity index (χ1) is 9.97. The zero-order valence-corrected chi connectivity index (χ0v) is 13.0. The summed E-state index contributed by atoms with van der Waals surface area (Å²) in [6, 6.07) is 9.10. The van der Waals surface area contributed by atoms with Crippen molar-refractivity contribution in [2.45, 2.75) is 27.7 Å². The fourth-order valence-electron chi connectivity index (χ4n) is 2.54. The quantitative estimate of drug-likeness (QED) is 0.685. The van der Waals surface area contributed by atoms with E-state index >= 15 is 0 Å². The lowest BCUT2D eigenvalue weighted by Gasteiger charge is -2.16. The van der Waals surface area contributed by atoms with E-state index in [1.165, 1.54) is 0 Å². The van der Waals surface area contributed by atoms with Crippen LogP contribution >= 0.6 is 0 Å². The zero-order valence-electron chi connectivity index (χ0n) is 13.0. The Morgan fingerprint density at radius 1 is 1.14 bits per heavy atom. The highest BCUT2D eigenvalue weighted by Crippen LogP contribution is 2.30. The predicted octanol–water partition coefficient (Wildman–Crippen LogP) is 3.82. The second-order valence-electron chi connectivity index (χ2n) is 5.17. The van der Waals surface area contributed by atoms with Crippen molar-refractivity contribution in [1.82, 2.24) is 0 Å². The molecule has 3 nitrogen and oxygen atoms in total. The van der Waals surface area contributed by atoms with Crippen molar-refractivity contribution in [3.8, 4) is 5.75 Å². The number of rotatable bonds is 4. The van der Waals surface area contributed by atoms with Gasteiger partial charge in [0, 0.05) is 16.8 Å². The first-order valence-electron chi connectivity index (χ1n) is 7.10. The van der Waals surface area contributed by atoms with Gasteiger partial charge >= 0.3 is 0 Å². The summed E-state index contributed by atoms with van der Waals surface area (Å²) in [4.78, 5) is 12.8. The molecule has 0 aliphatic heterocycles. The minimum Gasteiger partial charge on any atom is -0.494 e. The van der Waals surface area contributed by atoms with Crippen LogP contribution in [0.3, 0.4) is 0 Å². The van der Waals surface area contributed by atoms with Crippen molar-refractivity contribution < 1.29 is 9.53 Å². The summed E-state index contributed by atoms with van der Waals surface area (Å²) in [7, 11) is 0. The maximum Gasteiger partial charge on any atom is 0.195 e. The monoisotopic (exact) mass is 283 g/mol. The van der Waals surface area contributed by atoms with Crippen LogP contribution in [-0.2, 0) is 0 Å². The Labute approximate surface area is 125 Å². The van der Waals surface area contributed by atoms with Gasteiger partial charge in [-0.25, -0.2) is 0 Å². The molecule has 0 amide bonds. The summed E-state index contributed by atoms with van der Waals surface area (Å²) in [5.74, 6) is 0.805. The molecule has 0 radical (unpaired) electrons. The number of aryl methyl sites for hydroxylation is 1. The number of carbonyl (C=O) groups excluding carboxylic acids is 1. The molecule has 0 unspecified atom stereocenters. The fourth-order valence-corrected chi connectivity index (χ4v) is 2.54. The lowest BCUT2D eigenvalue weighted by Crippen LogP contribution is -2.11. The van der Waals surface area contributed by atoms with Crippen LogP contribution in [0.4, 0.5) is 5.69 Å². The maximum atomic E-state index is 12.8. The Balaban J connectivity index is 2.57. The van der Waals surface area contributed by atoms with E-state index in [1.54, 1.807) is 12.1 Å². The van der Waals surface area contributed by atoms with E-state index in [0.717, 1.165) is 22.4 Å². The van der Waals surface area contributed by atoms with E-state index < -0.39 is 0 Å². The standard InChI is InChI=1S/C18H21NO2/c1-5-21-16-10-11(2)17(13(4)12(16)3)18(20)14-8-6-7-9-15(14)19/h6-10H,5,19H2,1-4H3. The molecular weight excluding hydrogens is 262 g/mol. The van der Waals surface area contributed by atoms with E-state index in [2.05, 4.69) is 0 Å². The van der Waals surface area contributed by atoms with E-state index in [-0.39, 0.29) is 5.78 Å². The smallest absolute Gasteiger partial charge is 0.195 e. The third-order valence-corrected chi connectivity index (χ3v) is 3.78. The van der Waals surface area contributed by atoms with Gasteiger partial charge < -0.3 is 10.5 Å². The van der Waals surface area contributed by atoms with Crippen molar-refractivity contribution in [3.63, 3.8) is 0 Å². The summed E-state index contributed by atoms with van der Waals surface area (Å²) in [6.07, 6.45) is 0. The molecule has 110 valence electrons. The number of nitrogens with two attached hydrogens (primary N) is 1. The first-order valence-corrected chi connectivity index (χ1v) is 7.10. The molecule has 0 aromatic heterocycles. The number of benzene rings is 2. The maximum absolute atomic E-state index is 12.8. The van der Waals surface area contributed by atoms with Gasteiger partial charge in [-0.15, -0.1) is 0 Å². The van der Waals surface area contributed by atoms with E-state index in [9.17, 15) is 4.79 Å². The van der Waals surface area contributed by atoms with Gasteiger partial charge in [0.15, 0.2) is 5.78 Å². The molecule has 0 aliphatic carbocycles. The summed E-state index contributed by atoms with van der Waals surface area (Å²) < 4.78 is 5.63. The molecule has 0 saturated carbocycles. The largest absolute Gasteiger partial charge is 0.494 e. The lowest BCUT2D eigenvalue weighted by molar-refractivity contribution is 0.103. The number of carbonyl (C=O) groups is 1. The molecule has 0 aliphatic rings.